The monoisotopic (exact) mass is 323 g/mol. The molecular weight excluding hydrogens is 309 g/mol. The molecule has 100 valence electrons. The average Bonchev–Trinajstić information content (AvgIpc) is 2.75. The van der Waals surface area contributed by atoms with Gasteiger partial charge >= 0.3 is 0 Å². The van der Waals surface area contributed by atoms with E-state index in [1.165, 1.54) is 6.07 Å². The second kappa shape index (κ2) is 4.96. The van der Waals surface area contributed by atoms with Crippen LogP contribution in [-0.4, -0.2) is 16.3 Å². The van der Waals surface area contributed by atoms with Gasteiger partial charge in [0, 0.05) is 6.54 Å². The largest absolute Gasteiger partial charge is 0.369 e. The van der Waals surface area contributed by atoms with Gasteiger partial charge in [-0.25, -0.2) is 9.07 Å². The van der Waals surface area contributed by atoms with Gasteiger partial charge in [0.2, 0.25) is 0 Å². The van der Waals surface area contributed by atoms with Crippen molar-refractivity contribution in [2.45, 2.75) is 25.8 Å². The number of nitrogens with one attached hydrogen (secondary N) is 1. The van der Waals surface area contributed by atoms with E-state index >= 15 is 0 Å². The minimum Gasteiger partial charge on any atom is -0.369 e. The zero-order chi connectivity index (χ0) is 13.4. The van der Waals surface area contributed by atoms with Crippen LogP contribution in [0.2, 0.25) is 0 Å². The molecule has 0 amide bonds. The molecule has 1 atom stereocenters. The summed E-state index contributed by atoms with van der Waals surface area (Å²) in [6, 6.07) is 6.89. The van der Waals surface area contributed by atoms with Crippen molar-refractivity contribution in [2.24, 2.45) is 0 Å². The van der Waals surface area contributed by atoms with Crippen molar-refractivity contribution >= 4 is 21.7 Å². The van der Waals surface area contributed by atoms with E-state index in [2.05, 4.69) is 33.3 Å². The molecule has 1 aliphatic rings. The fourth-order valence-corrected chi connectivity index (χ4v) is 3.22. The zero-order valence-electron chi connectivity index (χ0n) is 10.7. The van der Waals surface area contributed by atoms with Crippen LogP contribution in [0.5, 0.6) is 0 Å². The Morgan fingerprint density at radius 1 is 1.53 bits per heavy atom. The Bertz CT molecular complexity index is 609. The lowest BCUT2D eigenvalue weighted by Crippen LogP contribution is -2.24. The summed E-state index contributed by atoms with van der Waals surface area (Å²) in [5.74, 6) is 0.803. The summed E-state index contributed by atoms with van der Waals surface area (Å²) in [6.45, 7) is 2.95. The third-order valence-electron chi connectivity index (χ3n) is 3.49. The van der Waals surface area contributed by atoms with Gasteiger partial charge in [-0.1, -0.05) is 19.1 Å². The van der Waals surface area contributed by atoms with Gasteiger partial charge < -0.3 is 5.32 Å². The number of aryl methyl sites for hydroxylation is 1. The predicted octanol–water partition coefficient (Wildman–Crippen LogP) is 3.75. The molecule has 2 heterocycles. The van der Waals surface area contributed by atoms with Crippen molar-refractivity contribution < 1.29 is 4.39 Å². The Balaban J connectivity index is 2.07. The normalized spacial score (nSPS) is 17.9. The summed E-state index contributed by atoms with van der Waals surface area (Å²) < 4.78 is 16.4. The van der Waals surface area contributed by atoms with E-state index in [0.717, 1.165) is 40.9 Å². The number of benzene rings is 1. The van der Waals surface area contributed by atoms with Gasteiger partial charge in [-0.2, -0.15) is 5.10 Å². The van der Waals surface area contributed by atoms with Gasteiger partial charge in [-0.15, -0.1) is 0 Å². The van der Waals surface area contributed by atoms with Gasteiger partial charge in [-0.3, -0.25) is 0 Å². The quantitative estimate of drug-likeness (QED) is 0.912. The molecule has 1 aliphatic heterocycles. The number of hydrogen-bond acceptors (Lipinski definition) is 2. The molecule has 0 spiro atoms. The van der Waals surface area contributed by atoms with Crippen LogP contribution in [0.15, 0.2) is 28.7 Å². The van der Waals surface area contributed by atoms with Gasteiger partial charge in [0.15, 0.2) is 0 Å². The lowest BCUT2D eigenvalue weighted by atomic mass is 10.0. The summed E-state index contributed by atoms with van der Waals surface area (Å²) in [7, 11) is 0. The summed E-state index contributed by atoms with van der Waals surface area (Å²) in [5, 5.41) is 8.00. The SMILES string of the molecule is CCc1nn2c(c1Br)NCCC2c1cccc(F)c1. The molecule has 0 saturated heterocycles. The summed E-state index contributed by atoms with van der Waals surface area (Å²) in [6.07, 6.45) is 1.78. The summed E-state index contributed by atoms with van der Waals surface area (Å²) in [5.41, 5.74) is 2.01. The third-order valence-corrected chi connectivity index (χ3v) is 4.33. The number of halogens is 2. The number of rotatable bonds is 2. The minimum atomic E-state index is -0.195. The lowest BCUT2D eigenvalue weighted by molar-refractivity contribution is 0.475. The zero-order valence-corrected chi connectivity index (χ0v) is 12.2. The topological polar surface area (TPSA) is 29.9 Å². The van der Waals surface area contributed by atoms with Crippen LogP contribution in [-0.2, 0) is 6.42 Å². The van der Waals surface area contributed by atoms with E-state index in [0.29, 0.717) is 0 Å². The fourth-order valence-electron chi connectivity index (χ4n) is 2.54. The van der Waals surface area contributed by atoms with Crippen molar-refractivity contribution in [3.05, 3.63) is 45.8 Å². The molecule has 3 nitrogen and oxygen atoms in total. The summed E-state index contributed by atoms with van der Waals surface area (Å²) in [4.78, 5) is 0. The molecule has 3 rings (SSSR count). The number of aromatic nitrogens is 2. The van der Waals surface area contributed by atoms with E-state index in [-0.39, 0.29) is 11.9 Å². The maximum absolute atomic E-state index is 13.4. The van der Waals surface area contributed by atoms with Crippen LogP contribution in [0.25, 0.3) is 0 Å². The van der Waals surface area contributed by atoms with Crippen LogP contribution in [0.3, 0.4) is 0 Å². The standard InChI is InChI=1S/C14H15BrFN3/c1-2-11-13(15)14-17-7-6-12(19(14)18-11)9-4-3-5-10(16)8-9/h3-5,8,12,17H,2,6-7H2,1H3. The second-order valence-corrected chi connectivity index (χ2v) is 5.49. The molecule has 0 fully saturated rings. The molecular formula is C14H15BrFN3. The molecule has 19 heavy (non-hydrogen) atoms. The Morgan fingerprint density at radius 2 is 2.37 bits per heavy atom. The van der Waals surface area contributed by atoms with Crippen molar-refractivity contribution in [3.63, 3.8) is 0 Å². The maximum Gasteiger partial charge on any atom is 0.139 e. The molecule has 0 saturated carbocycles. The Labute approximate surface area is 119 Å². The van der Waals surface area contributed by atoms with Crippen LogP contribution < -0.4 is 5.32 Å². The molecule has 1 aromatic carbocycles. The molecule has 0 bridgehead atoms. The van der Waals surface area contributed by atoms with E-state index in [1.807, 2.05) is 10.7 Å². The smallest absolute Gasteiger partial charge is 0.139 e. The number of nitrogens with zero attached hydrogens (tertiary/aromatic N) is 2. The number of fused-ring (bicyclic) bond motifs is 1. The van der Waals surface area contributed by atoms with Gasteiger partial charge in [0.05, 0.1) is 16.2 Å². The third kappa shape index (κ3) is 2.16. The first kappa shape index (κ1) is 12.7. The first-order valence-electron chi connectivity index (χ1n) is 6.47. The van der Waals surface area contributed by atoms with E-state index in [1.54, 1.807) is 12.1 Å². The molecule has 1 aromatic heterocycles. The molecule has 2 aromatic rings. The van der Waals surface area contributed by atoms with Gasteiger partial charge in [-0.05, 0) is 46.5 Å². The number of hydrogen-bond donors (Lipinski definition) is 1. The molecule has 1 unspecified atom stereocenters. The Hall–Kier alpha value is -1.36. The molecule has 5 heteroatoms. The fraction of sp³-hybridized carbons (Fsp3) is 0.357. The first-order valence-corrected chi connectivity index (χ1v) is 7.26. The maximum atomic E-state index is 13.4. The van der Waals surface area contributed by atoms with Crippen molar-refractivity contribution in [1.82, 2.24) is 9.78 Å². The van der Waals surface area contributed by atoms with Crippen LogP contribution in [0, 0.1) is 5.82 Å². The predicted molar refractivity (Wildman–Crippen MR) is 77.0 cm³/mol. The highest BCUT2D eigenvalue weighted by molar-refractivity contribution is 9.10. The van der Waals surface area contributed by atoms with Crippen LogP contribution in [0.4, 0.5) is 10.2 Å². The highest BCUT2D eigenvalue weighted by Crippen LogP contribution is 2.36. The molecule has 0 radical (unpaired) electrons. The number of anilines is 1. The highest BCUT2D eigenvalue weighted by atomic mass is 79.9. The van der Waals surface area contributed by atoms with Crippen LogP contribution >= 0.6 is 15.9 Å². The molecule has 1 N–H and O–H groups in total. The van der Waals surface area contributed by atoms with Crippen molar-refractivity contribution in [1.29, 1.82) is 0 Å². The van der Waals surface area contributed by atoms with E-state index in [4.69, 9.17) is 0 Å². The van der Waals surface area contributed by atoms with Crippen molar-refractivity contribution in [2.75, 3.05) is 11.9 Å². The Kier molecular flexibility index (Phi) is 3.31. The van der Waals surface area contributed by atoms with Gasteiger partial charge in [0.25, 0.3) is 0 Å². The van der Waals surface area contributed by atoms with E-state index < -0.39 is 0 Å². The lowest BCUT2D eigenvalue weighted by Gasteiger charge is -2.26. The first-order chi connectivity index (χ1) is 9.20. The van der Waals surface area contributed by atoms with E-state index in [9.17, 15) is 4.39 Å². The van der Waals surface area contributed by atoms with Gasteiger partial charge in [0.1, 0.15) is 11.6 Å². The molecule has 0 aliphatic carbocycles. The second-order valence-electron chi connectivity index (χ2n) is 4.69. The minimum absolute atomic E-state index is 0.101. The average molecular weight is 324 g/mol. The summed E-state index contributed by atoms with van der Waals surface area (Å²) >= 11 is 3.59. The Morgan fingerprint density at radius 3 is 3.11 bits per heavy atom. The highest BCUT2D eigenvalue weighted by Gasteiger charge is 2.26. The van der Waals surface area contributed by atoms with Crippen molar-refractivity contribution in [3.8, 4) is 0 Å². The van der Waals surface area contributed by atoms with Crippen LogP contribution in [0.1, 0.15) is 30.6 Å².